The summed E-state index contributed by atoms with van der Waals surface area (Å²) in [4.78, 5) is 23.7. The first-order valence-electron chi connectivity index (χ1n) is 6.88. The molecule has 0 saturated heterocycles. The largest absolute Gasteiger partial charge is 0.486 e. The SMILES string of the molecule is CCOC(=O)C1=C(COc2ccccc2Br)NC(=O)NC1C. The Labute approximate surface area is 137 Å². The van der Waals surface area contributed by atoms with Crippen molar-refractivity contribution in [3.63, 3.8) is 0 Å². The van der Waals surface area contributed by atoms with E-state index in [4.69, 9.17) is 9.47 Å². The Hall–Kier alpha value is -2.02. The fourth-order valence-corrected chi connectivity index (χ4v) is 2.50. The molecule has 0 aromatic heterocycles. The lowest BCUT2D eigenvalue weighted by Crippen LogP contribution is -2.50. The Kier molecular flexibility index (Phi) is 5.43. The van der Waals surface area contributed by atoms with Gasteiger partial charge in [-0.15, -0.1) is 0 Å². The average molecular weight is 369 g/mol. The number of benzene rings is 1. The summed E-state index contributed by atoms with van der Waals surface area (Å²) in [7, 11) is 0. The van der Waals surface area contributed by atoms with Gasteiger partial charge in [0, 0.05) is 0 Å². The fraction of sp³-hybridized carbons (Fsp3) is 0.333. The van der Waals surface area contributed by atoms with E-state index in [0.29, 0.717) is 17.0 Å². The van der Waals surface area contributed by atoms with Crippen LogP contribution in [-0.2, 0) is 9.53 Å². The van der Waals surface area contributed by atoms with Crippen molar-refractivity contribution >= 4 is 27.9 Å². The molecule has 118 valence electrons. The Bertz CT molecular complexity index is 615. The summed E-state index contributed by atoms with van der Waals surface area (Å²) in [6, 6.07) is 6.54. The monoisotopic (exact) mass is 368 g/mol. The lowest BCUT2D eigenvalue weighted by atomic mass is 10.0. The van der Waals surface area contributed by atoms with Crippen LogP contribution in [0, 0.1) is 0 Å². The van der Waals surface area contributed by atoms with Crippen LogP contribution in [0.2, 0.25) is 0 Å². The van der Waals surface area contributed by atoms with Gasteiger partial charge in [-0.2, -0.15) is 0 Å². The molecule has 2 rings (SSSR count). The van der Waals surface area contributed by atoms with Crippen LogP contribution in [0.4, 0.5) is 4.79 Å². The molecule has 0 bridgehead atoms. The summed E-state index contributed by atoms with van der Waals surface area (Å²) >= 11 is 3.38. The highest BCUT2D eigenvalue weighted by molar-refractivity contribution is 9.10. The zero-order valence-corrected chi connectivity index (χ0v) is 13.9. The molecule has 0 aliphatic carbocycles. The third-order valence-corrected chi connectivity index (χ3v) is 3.73. The number of halogens is 1. The van der Waals surface area contributed by atoms with E-state index in [2.05, 4.69) is 26.6 Å². The zero-order valence-electron chi connectivity index (χ0n) is 12.3. The van der Waals surface area contributed by atoms with Crippen molar-refractivity contribution in [3.05, 3.63) is 40.0 Å². The van der Waals surface area contributed by atoms with Crippen molar-refractivity contribution in [2.45, 2.75) is 19.9 Å². The Morgan fingerprint density at radius 3 is 2.77 bits per heavy atom. The predicted octanol–water partition coefficient (Wildman–Crippen LogP) is 2.35. The number of rotatable bonds is 5. The number of amides is 2. The Balaban J connectivity index is 2.22. The second-order valence-corrected chi connectivity index (χ2v) is 5.51. The van der Waals surface area contributed by atoms with Crippen LogP contribution in [0.5, 0.6) is 5.75 Å². The van der Waals surface area contributed by atoms with Gasteiger partial charge in [0.1, 0.15) is 12.4 Å². The molecule has 1 aliphatic heterocycles. The first kappa shape index (κ1) is 16.4. The molecule has 1 unspecified atom stereocenters. The molecule has 1 heterocycles. The number of para-hydroxylation sites is 1. The molecule has 0 fully saturated rings. The maximum absolute atomic E-state index is 12.1. The molecule has 6 nitrogen and oxygen atoms in total. The van der Waals surface area contributed by atoms with Crippen LogP contribution in [0.1, 0.15) is 13.8 Å². The van der Waals surface area contributed by atoms with E-state index in [9.17, 15) is 9.59 Å². The van der Waals surface area contributed by atoms with Crippen LogP contribution in [0.25, 0.3) is 0 Å². The van der Waals surface area contributed by atoms with E-state index >= 15 is 0 Å². The smallest absolute Gasteiger partial charge is 0.338 e. The molecule has 22 heavy (non-hydrogen) atoms. The fourth-order valence-electron chi connectivity index (χ4n) is 2.10. The van der Waals surface area contributed by atoms with E-state index in [1.807, 2.05) is 18.2 Å². The summed E-state index contributed by atoms with van der Waals surface area (Å²) in [5.74, 6) is 0.159. The van der Waals surface area contributed by atoms with Crippen molar-refractivity contribution in [3.8, 4) is 5.75 Å². The maximum Gasteiger partial charge on any atom is 0.338 e. The molecule has 1 aromatic rings. The van der Waals surface area contributed by atoms with Gasteiger partial charge in [0.05, 0.1) is 28.4 Å². The third kappa shape index (κ3) is 3.79. The van der Waals surface area contributed by atoms with Crippen molar-refractivity contribution in [1.82, 2.24) is 10.6 Å². The molecule has 7 heteroatoms. The van der Waals surface area contributed by atoms with Gasteiger partial charge in [-0.05, 0) is 41.9 Å². The Morgan fingerprint density at radius 2 is 2.09 bits per heavy atom. The van der Waals surface area contributed by atoms with Gasteiger partial charge in [0.2, 0.25) is 0 Å². The number of ether oxygens (including phenoxy) is 2. The van der Waals surface area contributed by atoms with Gasteiger partial charge < -0.3 is 20.1 Å². The summed E-state index contributed by atoms with van der Waals surface area (Å²) < 4.78 is 11.5. The van der Waals surface area contributed by atoms with E-state index in [-0.39, 0.29) is 19.2 Å². The van der Waals surface area contributed by atoms with Gasteiger partial charge in [0.25, 0.3) is 0 Å². The average Bonchev–Trinajstić information content (AvgIpc) is 2.46. The van der Waals surface area contributed by atoms with Gasteiger partial charge in [-0.1, -0.05) is 12.1 Å². The van der Waals surface area contributed by atoms with Gasteiger partial charge in [-0.3, -0.25) is 0 Å². The highest BCUT2D eigenvalue weighted by Gasteiger charge is 2.29. The van der Waals surface area contributed by atoms with E-state index < -0.39 is 12.0 Å². The number of nitrogens with one attached hydrogen (secondary N) is 2. The molecule has 0 radical (unpaired) electrons. The van der Waals surface area contributed by atoms with Crippen molar-refractivity contribution in [1.29, 1.82) is 0 Å². The lowest BCUT2D eigenvalue weighted by molar-refractivity contribution is -0.139. The molecular weight excluding hydrogens is 352 g/mol. The molecular formula is C15H17BrN2O4. The molecule has 0 spiro atoms. The summed E-state index contributed by atoms with van der Waals surface area (Å²) in [6.45, 7) is 3.79. The number of carbonyl (C=O) groups excluding carboxylic acids is 2. The zero-order chi connectivity index (χ0) is 16.1. The Morgan fingerprint density at radius 1 is 1.36 bits per heavy atom. The van der Waals surface area contributed by atoms with Crippen LogP contribution in [0.3, 0.4) is 0 Å². The van der Waals surface area contributed by atoms with E-state index in [1.54, 1.807) is 19.9 Å². The van der Waals surface area contributed by atoms with Gasteiger partial charge >= 0.3 is 12.0 Å². The molecule has 1 aromatic carbocycles. The molecule has 2 amide bonds. The third-order valence-electron chi connectivity index (χ3n) is 3.07. The number of hydrogen-bond donors (Lipinski definition) is 2. The van der Waals surface area contributed by atoms with Gasteiger partial charge in [-0.25, -0.2) is 9.59 Å². The topological polar surface area (TPSA) is 76.7 Å². The number of esters is 1. The summed E-state index contributed by atoms with van der Waals surface area (Å²) in [6.07, 6.45) is 0. The van der Waals surface area contributed by atoms with Crippen molar-refractivity contribution < 1.29 is 19.1 Å². The highest BCUT2D eigenvalue weighted by atomic mass is 79.9. The second kappa shape index (κ2) is 7.31. The lowest BCUT2D eigenvalue weighted by Gasteiger charge is -2.26. The number of urea groups is 1. The molecule has 2 N–H and O–H groups in total. The maximum atomic E-state index is 12.1. The molecule has 1 aliphatic rings. The quantitative estimate of drug-likeness (QED) is 0.782. The first-order valence-corrected chi connectivity index (χ1v) is 7.67. The van der Waals surface area contributed by atoms with Crippen LogP contribution in [-0.4, -0.2) is 31.3 Å². The minimum absolute atomic E-state index is 0.0640. The second-order valence-electron chi connectivity index (χ2n) is 4.65. The minimum Gasteiger partial charge on any atom is -0.486 e. The standard InChI is InChI=1S/C15H17BrN2O4/c1-3-21-14(19)13-9(2)17-15(20)18-11(13)8-22-12-7-5-4-6-10(12)16/h4-7,9H,3,8H2,1-2H3,(H2,17,18,20). The number of hydrogen-bond acceptors (Lipinski definition) is 4. The predicted molar refractivity (Wildman–Crippen MR) is 84.4 cm³/mol. The molecule has 0 saturated carbocycles. The minimum atomic E-state index is -0.465. The van der Waals surface area contributed by atoms with E-state index in [1.165, 1.54) is 0 Å². The molecule has 1 atom stereocenters. The van der Waals surface area contributed by atoms with Crippen molar-refractivity contribution in [2.75, 3.05) is 13.2 Å². The normalized spacial score (nSPS) is 17.6. The van der Waals surface area contributed by atoms with Gasteiger partial charge in [0.15, 0.2) is 0 Å². The first-order chi connectivity index (χ1) is 10.5. The summed E-state index contributed by atoms with van der Waals surface area (Å²) in [5.41, 5.74) is 0.777. The van der Waals surface area contributed by atoms with Crippen LogP contribution < -0.4 is 15.4 Å². The highest BCUT2D eigenvalue weighted by Crippen LogP contribution is 2.25. The van der Waals surface area contributed by atoms with E-state index in [0.717, 1.165) is 4.47 Å². The van der Waals surface area contributed by atoms with Crippen LogP contribution in [0.15, 0.2) is 40.0 Å². The van der Waals surface area contributed by atoms with Crippen LogP contribution >= 0.6 is 15.9 Å². The summed E-state index contributed by atoms with van der Waals surface area (Å²) in [5, 5.41) is 5.25. The number of carbonyl (C=O) groups is 2. The van der Waals surface area contributed by atoms with Crippen molar-refractivity contribution in [2.24, 2.45) is 0 Å².